The third-order valence-electron chi connectivity index (χ3n) is 2.28. The van der Waals surface area contributed by atoms with Crippen LogP contribution in [0.3, 0.4) is 0 Å². The van der Waals surface area contributed by atoms with Gasteiger partial charge >= 0.3 is 12.1 Å². The number of rotatable bonds is 5. The van der Waals surface area contributed by atoms with Crippen LogP contribution in [-0.2, 0) is 4.74 Å². The average Bonchev–Trinajstić information content (AvgIpc) is 2.82. The average molecular weight is 318 g/mol. The molecule has 21 heavy (non-hydrogen) atoms. The van der Waals surface area contributed by atoms with Gasteiger partial charge in [0.25, 0.3) is 0 Å². The van der Waals surface area contributed by atoms with Gasteiger partial charge < -0.3 is 25.4 Å². The number of amides is 1. The summed E-state index contributed by atoms with van der Waals surface area (Å²) in [5, 5.41) is 30.9. The highest BCUT2D eigenvalue weighted by Crippen LogP contribution is 2.24. The van der Waals surface area contributed by atoms with E-state index in [-0.39, 0.29) is 17.1 Å². The highest BCUT2D eigenvalue weighted by Gasteiger charge is 2.27. The molecule has 0 aromatic carbocycles. The lowest BCUT2D eigenvalue weighted by atomic mass is 10.1. The van der Waals surface area contributed by atoms with Crippen molar-refractivity contribution in [1.82, 2.24) is 10.3 Å². The van der Waals surface area contributed by atoms with Crippen molar-refractivity contribution >= 4 is 23.4 Å². The fraction of sp³-hybridized carbons (Fsp3) is 0.583. The van der Waals surface area contributed by atoms with E-state index in [0.717, 1.165) is 11.3 Å². The molecule has 0 aliphatic rings. The molecule has 1 rings (SSSR count). The first-order valence-electron chi connectivity index (χ1n) is 6.11. The van der Waals surface area contributed by atoms with E-state index >= 15 is 0 Å². The summed E-state index contributed by atoms with van der Waals surface area (Å²) in [6.07, 6.45) is -3.58. The summed E-state index contributed by atoms with van der Waals surface area (Å²) in [6.45, 7) is 4.78. The molecule has 1 aromatic rings. The number of aromatic carboxylic acids is 1. The zero-order valence-electron chi connectivity index (χ0n) is 11.9. The number of aliphatic hydroxyl groups excluding tert-OH is 2. The van der Waals surface area contributed by atoms with Crippen LogP contribution in [-0.4, -0.2) is 50.6 Å². The van der Waals surface area contributed by atoms with Crippen molar-refractivity contribution in [2.24, 2.45) is 0 Å². The van der Waals surface area contributed by atoms with Crippen LogP contribution in [0, 0.1) is 0 Å². The summed E-state index contributed by atoms with van der Waals surface area (Å²) >= 11 is 0.913. The molecule has 0 spiro atoms. The van der Waals surface area contributed by atoms with E-state index < -0.39 is 29.9 Å². The van der Waals surface area contributed by atoms with Gasteiger partial charge in [-0.25, -0.2) is 14.6 Å². The number of carboxylic acid groups (broad SMARTS) is 1. The molecule has 4 N–H and O–H groups in total. The third kappa shape index (κ3) is 5.29. The number of ether oxygens (including phenoxy) is 1. The van der Waals surface area contributed by atoms with Crippen LogP contribution in [0.15, 0.2) is 5.51 Å². The summed E-state index contributed by atoms with van der Waals surface area (Å²) in [6, 6.07) is 0. The summed E-state index contributed by atoms with van der Waals surface area (Å²) in [4.78, 5) is 25.9. The van der Waals surface area contributed by atoms with E-state index in [1.807, 2.05) is 0 Å². The Hall–Kier alpha value is -1.71. The van der Waals surface area contributed by atoms with Crippen LogP contribution in [0.2, 0.25) is 0 Å². The number of thiazole rings is 1. The van der Waals surface area contributed by atoms with E-state index in [1.54, 1.807) is 20.8 Å². The topological polar surface area (TPSA) is 129 Å². The Morgan fingerprint density at radius 3 is 2.57 bits per heavy atom. The Labute approximate surface area is 125 Å². The molecule has 1 heterocycles. The summed E-state index contributed by atoms with van der Waals surface area (Å²) in [7, 11) is 0. The molecule has 1 aromatic heterocycles. The highest BCUT2D eigenvalue weighted by molar-refractivity contribution is 7.10. The minimum absolute atomic E-state index is 0.0287. The SMILES string of the molecule is CC(C)(C)OC(=O)NCC(O)C(O)c1scnc1C(=O)O. The Bertz CT molecular complexity index is 510. The maximum atomic E-state index is 11.4. The molecule has 0 fully saturated rings. The predicted molar refractivity (Wildman–Crippen MR) is 74.3 cm³/mol. The van der Waals surface area contributed by atoms with Gasteiger partial charge in [-0.1, -0.05) is 0 Å². The van der Waals surface area contributed by atoms with Crippen molar-refractivity contribution in [1.29, 1.82) is 0 Å². The van der Waals surface area contributed by atoms with Gasteiger partial charge in [-0.3, -0.25) is 0 Å². The van der Waals surface area contributed by atoms with Gasteiger partial charge in [-0.05, 0) is 20.8 Å². The highest BCUT2D eigenvalue weighted by atomic mass is 32.1. The van der Waals surface area contributed by atoms with Gasteiger partial charge in [-0.15, -0.1) is 11.3 Å². The molecule has 1 amide bonds. The van der Waals surface area contributed by atoms with Gasteiger partial charge in [0, 0.05) is 6.54 Å². The molecule has 0 aliphatic carbocycles. The second-order valence-corrected chi connectivity index (χ2v) is 6.15. The molecular weight excluding hydrogens is 300 g/mol. The Morgan fingerprint density at radius 1 is 1.43 bits per heavy atom. The predicted octanol–water partition coefficient (Wildman–Crippen LogP) is 0.760. The normalized spacial score (nSPS) is 14.3. The van der Waals surface area contributed by atoms with Crippen LogP contribution >= 0.6 is 11.3 Å². The van der Waals surface area contributed by atoms with Crippen molar-refractivity contribution < 1.29 is 29.6 Å². The number of aromatic nitrogens is 1. The van der Waals surface area contributed by atoms with E-state index in [0.29, 0.717) is 0 Å². The Balaban J connectivity index is 2.59. The first-order valence-corrected chi connectivity index (χ1v) is 6.99. The number of hydrogen-bond acceptors (Lipinski definition) is 7. The first kappa shape index (κ1) is 17.3. The molecule has 0 radical (unpaired) electrons. The number of nitrogens with zero attached hydrogens (tertiary/aromatic N) is 1. The maximum Gasteiger partial charge on any atom is 0.407 e. The Morgan fingerprint density at radius 2 is 2.05 bits per heavy atom. The molecule has 0 bridgehead atoms. The summed E-state index contributed by atoms with van der Waals surface area (Å²) < 4.78 is 4.97. The summed E-state index contributed by atoms with van der Waals surface area (Å²) in [5.41, 5.74) is 0.265. The molecule has 8 nitrogen and oxygen atoms in total. The molecule has 9 heteroatoms. The molecular formula is C12H18N2O6S. The van der Waals surface area contributed by atoms with Crippen LogP contribution in [0.4, 0.5) is 4.79 Å². The van der Waals surface area contributed by atoms with E-state index in [9.17, 15) is 19.8 Å². The van der Waals surface area contributed by atoms with Crippen LogP contribution in [0.1, 0.15) is 42.2 Å². The number of alkyl carbamates (subject to hydrolysis) is 1. The smallest absolute Gasteiger partial charge is 0.407 e. The summed E-state index contributed by atoms with van der Waals surface area (Å²) in [5.74, 6) is -1.29. The zero-order valence-corrected chi connectivity index (χ0v) is 12.7. The van der Waals surface area contributed by atoms with E-state index in [2.05, 4.69) is 10.3 Å². The van der Waals surface area contributed by atoms with Crippen molar-refractivity contribution in [2.45, 2.75) is 38.6 Å². The number of nitrogens with one attached hydrogen (secondary N) is 1. The monoisotopic (exact) mass is 318 g/mol. The first-order chi connectivity index (χ1) is 9.61. The van der Waals surface area contributed by atoms with Crippen molar-refractivity contribution in [2.75, 3.05) is 6.54 Å². The van der Waals surface area contributed by atoms with Gasteiger partial charge in [-0.2, -0.15) is 0 Å². The van der Waals surface area contributed by atoms with Crippen LogP contribution in [0.5, 0.6) is 0 Å². The van der Waals surface area contributed by atoms with Gasteiger partial charge in [0.1, 0.15) is 17.8 Å². The minimum atomic E-state index is -1.46. The second kappa shape index (κ2) is 6.83. The molecule has 2 atom stereocenters. The zero-order chi connectivity index (χ0) is 16.2. The number of hydrogen-bond donors (Lipinski definition) is 4. The number of carbonyl (C=O) groups excluding carboxylic acids is 1. The largest absolute Gasteiger partial charge is 0.476 e. The van der Waals surface area contributed by atoms with Gasteiger partial charge in [0.05, 0.1) is 10.4 Å². The van der Waals surface area contributed by atoms with Crippen LogP contribution < -0.4 is 5.32 Å². The quantitative estimate of drug-likeness (QED) is 0.630. The number of aliphatic hydroxyl groups is 2. The fourth-order valence-corrected chi connectivity index (χ4v) is 2.23. The minimum Gasteiger partial charge on any atom is -0.476 e. The molecule has 0 aliphatic heterocycles. The van der Waals surface area contributed by atoms with E-state index in [1.165, 1.54) is 5.51 Å². The molecule has 0 saturated heterocycles. The van der Waals surface area contributed by atoms with E-state index in [4.69, 9.17) is 9.84 Å². The maximum absolute atomic E-state index is 11.4. The standard InChI is InChI=1S/C12H18N2O6S/c1-12(2,3)20-11(19)13-4-6(15)8(16)9-7(10(17)18)14-5-21-9/h5-6,8,15-16H,4H2,1-3H3,(H,13,19)(H,17,18). The lowest BCUT2D eigenvalue weighted by molar-refractivity contribution is 0.0137. The second-order valence-electron chi connectivity index (χ2n) is 5.27. The number of carboxylic acids is 1. The van der Waals surface area contributed by atoms with Crippen molar-refractivity contribution in [3.63, 3.8) is 0 Å². The number of carbonyl (C=O) groups is 2. The van der Waals surface area contributed by atoms with Crippen molar-refractivity contribution in [3.05, 3.63) is 16.1 Å². The van der Waals surface area contributed by atoms with Crippen molar-refractivity contribution in [3.8, 4) is 0 Å². The molecule has 0 saturated carbocycles. The Kier molecular flexibility index (Phi) is 5.64. The lowest BCUT2D eigenvalue weighted by Crippen LogP contribution is -2.38. The van der Waals surface area contributed by atoms with Gasteiger partial charge in [0.2, 0.25) is 0 Å². The lowest BCUT2D eigenvalue weighted by Gasteiger charge is -2.21. The fourth-order valence-electron chi connectivity index (χ4n) is 1.41. The van der Waals surface area contributed by atoms with Crippen LogP contribution in [0.25, 0.3) is 0 Å². The third-order valence-corrected chi connectivity index (χ3v) is 3.18. The molecule has 118 valence electrons. The van der Waals surface area contributed by atoms with Gasteiger partial charge in [0.15, 0.2) is 5.69 Å². The molecule has 2 unspecified atom stereocenters.